The fourth-order valence-corrected chi connectivity index (χ4v) is 3.06. The average molecular weight is 345 g/mol. The number of nitrogens with one attached hydrogen (secondary N) is 1. The van der Waals surface area contributed by atoms with Crippen molar-refractivity contribution in [1.29, 1.82) is 0 Å². The maximum Gasteiger partial charge on any atom is 0.205 e. The van der Waals surface area contributed by atoms with E-state index in [-0.39, 0.29) is 12.4 Å². The molecule has 136 valence electrons. The molecule has 2 atom stereocenters. The summed E-state index contributed by atoms with van der Waals surface area (Å²) in [6.07, 6.45) is 20.3. The third kappa shape index (κ3) is 10.9. The van der Waals surface area contributed by atoms with Crippen molar-refractivity contribution in [3.8, 4) is 0 Å². The van der Waals surface area contributed by atoms with Crippen molar-refractivity contribution >= 4 is 5.84 Å². The standard InChI is InChI=1S/C19H36N2O.ClH/c1-4-5-6-7-8-9-10-11-12-13-18(22-3)14-15-19-20-16-17-21(19)2;/h16-18H,4-15H2,1-3H3;1H. The fraction of sp³-hybridized carbons (Fsp3) is 0.842. The lowest BCUT2D eigenvalue weighted by atomic mass is 10.0. The van der Waals surface area contributed by atoms with Crippen molar-refractivity contribution in [3.63, 3.8) is 0 Å². The van der Waals surface area contributed by atoms with Crippen LogP contribution in [0.2, 0.25) is 0 Å². The van der Waals surface area contributed by atoms with Crippen molar-refractivity contribution < 1.29 is 22.0 Å². The molecule has 0 aromatic heterocycles. The molecular formula is C19H37ClN2O. The van der Waals surface area contributed by atoms with Crippen molar-refractivity contribution in [1.82, 2.24) is 0 Å². The van der Waals surface area contributed by atoms with E-state index >= 15 is 0 Å². The summed E-state index contributed by atoms with van der Waals surface area (Å²) < 4.78 is 5.63. The Hall–Kier alpha value is -0.380. The molecule has 0 radical (unpaired) electrons. The van der Waals surface area contributed by atoms with E-state index in [0.717, 1.165) is 12.8 Å². The number of methoxy groups -OCH3 is 1. The molecule has 0 aromatic carbocycles. The zero-order valence-electron chi connectivity index (χ0n) is 15.5. The first-order valence-electron chi connectivity index (χ1n) is 9.37. The van der Waals surface area contributed by atoms with Gasteiger partial charge < -0.3 is 17.1 Å². The number of aliphatic imine (C=N–C) groups is 1. The van der Waals surface area contributed by atoms with E-state index in [1.165, 1.54) is 74.9 Å². The molecule has 1 rings (SSSR count). The summed E-state index contributed by atoms with van der Waals surface area (Å²) in [4.78, 5) is 5.74. The molecule has 3 nitrogen and oxygen atoms in total. The van der Waals surface area contributed by atoms with Crippen LogP contribution in [0.25, 0.3) is 0 Å². The third-order valence-electron chi connectivity index (χ3n) is 4.68. The Morgan fingerprint density at radius 3 is 2.13 bits per heavy atom. The van der Waals surface area contributed by atoms with Gasteiger partial charge in [0.25, 0.3) is 0 Å². The number of halogens is 1. The first-order chi connectivity index (χ1) is 10.8. The Bertz CT molecular complexity index is 331. The minimum absolute atomic E-state index is 0. The molecule has 0 spiro atoms. The quantitative estimate of drug-likeness (QED) is 0.469. The molecule has 0 aromatic rings. The molecule has 1 heterocycles. The van der Waals surface area contributed by atoms with Crippen LogP contribution in [0.1, 0.15) is 84.0 Å². The Kier molecular flexibility index (Phi) is 14.9. The summed E-state index contributed by atoms with van der Waals surface area (Å²) in [6.45, 7) is 2.28. The van der Waals surface area contributed by atoms with Gasteiger partial charge in [-0.2, -0.15) is 0 Å². The van der Waals surface area contributed by atoms with Crippen LogP contribution in [0.3, 0.4) is 0 Å². The molecular weight excluding hydrogens is 308 g/mol. The molecule has 0 fully saturated rings. The van der Waals surface area contributed by atoms with E-state index in [0.29, 0.717) is 6.10 Å². The normalized spacial score (nSPS) is 17.9. The first kappa shape index (κ1) is 22.6. The summed E-state index contributed by atoms with van der Waals surface area (Å²) in [5.41, 5.74) is 0. The van der Waals surface area contributed by atoms with Gasteiger partial charge in [0.15, 0.2) is 0 Å². The van der Waals surface area contributed by atoms with E-state index in [4.69, 9.17) is 4.74 Å². The SMILES string of the molecule is CCCCCCCCCCCC(CCC1=NC=C[NH+]1C)OC.[Cl-]. The van der Waals surface area contributed by atoms with E-state index in [1.54, 1.807) is 0 Å². The van der Waals surface area contributed by atoms with E-state index < -0.39 is 0 Å². The summed E-state index contributed by atoms with van der Waals surface area (Å²) in [5.74, 6) is 1.24. The summed E-state index contributed by atoms with van der Waals surface area (Å²) in [6, 6.07) is 0. The lowest BCUT2D eigenvalue weighted by Gasteiger charge is -2.15. The Balaban J connectivity index is 0.00000484. The van der Waals surface area contributed by atoms with Crippen LogP contribution in [0.4, 0.5) is 0 Å². The smallest absolute Gasteiger partial charge is 0.205 e. The fourth-order valence-electron chi connectivity index (χ4n) is 3.06. The van der Waals surface area contributed by atoms with Gasteiger partial charge in [0.1, 0.15) is 6.20 Å². The second-order valence-corrected chi connectivity index (χ2v) is 6.59. The minimum atomic E-state index is 0. The van der Waals surface area contributed by atoms with E-state index in [9.17, 15) is 0 Å². The Morgan fingerprint density at radius 1 is 1.00 bits per heavy atom. The minimum Gasteiger partial charge on any atom is -1.00 e. The Morgan fingerprint density at radius 2 is 1.61 bits per heavy atom. The van der Waals surface area contributed by atoms with Crippen LogP contribution in [0.5, 0.6) is 0 Å². The van der Waals surface area contributed by atoms with Crippen LogP contribution in [-0.2, 0) is 4.74 Å². The molecule has 1 N–H and O–H groups in total. The molecule has 1 aliphatic heterocycles. The maximum atomic E-state index is 5.63. The predicted octanol–water partition coefficient (Wildman–Crippen LogP) is 1.10. The van der Waals surface area contributed by atoms with Crippen molar-refractivity contribution in [2.45, 2.75) is 90.1 Å². The highest BCUT2D eigenvalue weighted by Gasteiger charge is 2.16. The van der Waals surface area contributed by atoms with Gasteiger partial charge in [0.2, 0.25) is 5.84 Å². The molecule has 0 saturated heterocycles. The number of hydrogen-bond donors (Lipinski definition) is 1. The van der Waals surface area contributed by atoms with Crippen LogP contribution in [-0.4, -0.2) is 26.1 Å². The monoisotopic (exact) mass is 344 g/mol. The van der Waals surface area contributed by atoms with Gasteiger partial charge in [-0.15, -0.1) is 0 Å². The lowest BCUT2D eigenvalue weighted by molar-refractivity contribution is -0.719. The highest BCUT2D eigenvalue weighted by molar-refractivity contribution is 5.75. The molecule has 0 amide bonds. The van der Waals surface area contributed by atoms with Crippen LogP contribution < -0.4 is 17.3 Å². The first-order valence-corrected chi connectivity index (χ1v) is 9.37. The molecule has 0 bridgehead atoms. The Labute approximate surface area is 150 Å². The van der Waals surface area contributed by atoms with Crippen LogP contribution in [0, 0.1) is 0 Å². The van der Waals surface area contributed by atoms with Crippen molar-refractivity contribution in [3.05, 3.63) is 12.4 Å². The molecule has 23 heavy (non-hydrogen) atoms. The largest absolute Gasteiger partial charge is 1.00 e. The van der Waals surface area contributed by atoms with Crippen molar-refractivity contribution in [2.24, 2.45) is 4.99 Å². The summed E-state index contributed by atoms with van der Waals surface area (Å²) in [5, 5.41) is 0. The van der Waals surface area contributed by atoms with Gasteiger partial charge >= 0.3 is 0 Å². The topological polar surface area (TPSA) is 26.0 Å². The zero-order chi connectivity index (χ0) is 16.0. The highest BCUT2D eigenvalue weighted by Crippen LogP contribution is 2.14. The maximum absolute atomic E-state index is 5.63. The summed E-state index contributed by atoms with van der Waals surface area (Å²) in [7, 11) is 3.99. The number of rotatable bonds is 14. The average Bonchev–Trinajstić information content (AvgIpc) is 2.94. The molecule has 2 unspecified atom stereocenters. The van der Waals surface area contributed by atoms with Gasteiger partial charge in [-0.1, -0.05) is 64.7 Å². The van der Waals surface area contributed by atoms with Gasteiger partial charge in [-0.25, -0.2) is 4.99 Å². The molecule has 1 aliphatic rings. The third-order valence-corrected chi connectivity index (χ3v) is 4.68. The van der Waals surface area contributed by atoms with Gasteiger partial charge in [0.05, 0.1) is 19.4 Å². The number of hydrogen-bond acceptors (Lipinski definition) is 2. The van der Waals surface area contributed by atoms with Crippen molar-refractivity contribution in [2.75, 3.05) is 14.2 Å². The second-order valence-electron chi connectivity index (χ2n) is 6.59. The second kappa shape index (κ2) is 15.2. The van der Waals surface area contributed by atoms with E-state index in [2.05, 4.69) is 25.2 Å². The van der Waals surface area contributed by atoms with E-state index in [1.807, 2.05) is 13.3 Å². The van der Waals surface area contributed by atoms with Gasteiger partial charge in [-0.3, -0.25) is 4.90 Å². The highest BCUT2D eigenvalue weighted by atomic mass is 35.5. The van der Waals surface area contributed by atoms with Crippen LogP contribution >= 0.6 is 0 Å². The van der Waals surface area contributed by atoms with Crippen LogP contribution in [0.15, 0.2) is 17.4 Å². The zero-order valence-corrected chi connectivity index (χ0v) is 16.2. The number of ether oxygens (including phenoxy) is 1. The lowest BCUT2D eigenvalue weighted by Crippen LogP contribution is -3.06. The molecule has 0 saturated carbocycles. The molecule has 4 heteroatoms. The summed E-state index contributed by atoms with van der Waals surface area (Å²) >= 11 is 0. The van der Waals surface area contributed by atoms with Gasteiger partial charge in [-0.05, 0) is 12.8 Å². The van der Waals surface area contributed by atoms with Gasteiger partial charge in [0, 0.05) is 13.5 Å². The number of nitrogens with zero attached hydrogens (tertiary/aromatic N) is 1. The predicted molar refractivity (Wildman–Crippen MR) is 95.3 cm³/mol. The molecule has 0 aliphatic carbocycles. The number of quaternary nitrogens is 1. The number of unbranched alkanes of at least 4 members (excludes halogenated alkanes) is 8. The number of amidine groups is 1.